The molecule has 0 radical (unpaired) electrons. The van der Waals surface area contributed by atoms with Crippen molar-refractivity contribution in [3.8, 4) is 0 Å². The summed E-state index contributed by atoms with van der Waals surface area (Å²) in [6.07, 6.45) is 0.426. The average molecular weight is 306 g/mol. The van der Waals surface area contributed by atoms with E-state index in [0.717, 1.165) is 13.2 Å². The normalized spacial score (nSPS) is 13.7. The molecule has 1 fully saturated rings. The molecule has 1 saturated heterocycles. The highest BCUT2D eigenvalue weighted by Crippen LogP contribution is 2.11. The van der Waals surface area contributed by atoms with E-state index in [1.165, 1.54) is 10.8 Å². The molecule has 2 aromatic carbocycles. The monoisotopic (exact) mass is 306 g/mol. The predicted octanol–water partition coefficient (Wildman–Crippen LogP) is 5.95. The average Bonchev–Trinajstić information content (AvgIpc) is 3.45. The van der Waals surface area contributed by atoms with E-state index in [1.807, 2.05) is 41.5 Å². The van der Waals surface area contributed by atoms with Crippen LogP contribution in [0.3, 0.4) is 0 Å². The fourth-order valence-electron chi connectivity index (χ4n) is 1.48. The highest BCUT2D eigenvalue weighted by molar-refractivity contribution is 5.81. The van der Waals surface area contributed by atoms with Crippen molar-refractivity contribution in [1.82, 2.24) is 0 Å². The first-order valence-corrected chi connectivity index (χ1v) is 8.44. The molecule has 0 aliphatic carbocycles. The van der Waals surface area contributed by atoms with E-state index in [0.29, 0.717) is 6.10 Å². The van der Waals surface area contributed by atoms with Gasteiger partial charge in [0.25, 0.3) is 0 Å². The van der Waals surface area contributed by atoms with Crippen molar-refractivity contribution in [3.05, 3.63) is 48.5 Å². The molecule has 1 heterocycles. The lowest BCUT2D eigenvalue weighted by molar-refractivity contribution is 0.171. The highest BCUT2D eigenvalue weighted by atomic mass is 16.6. The van der Waals surface area contributed by atoms with Crippen molar-refractivity contribution in [2.24, 2.45) is 0 Å². The molecule has 0 amide bonds. The van der Waals surface area contributed by atoms with E-state index in [-0.39, 0.29) is 0 Å². The van der Waals surface area contributed by atoms with Gasteiger partial charge in [-0.2, -0.15) is 0 Å². The summed E-state index contributed by atoms with van der Waals surface area (Å²) in [5.41, 5.74) is 0. The fraction of sp³-hybridized carbons (Fsp3) is 0.500. The quantitative estimate of drug-likeness (QED) is 0.639. The molecule has 3 rings (SSSR count). The lowest BCUT2D eigenvalue weighted by atomic mass is 10.1. The largest absolute Gasteiger partial charge is 0.382 e. The molecule has 2 nitrogen and oxygen atoms in total. The highest BCUT2D eigenvalue weighted by Gasteiger charge is 2.21. The van der Waals surface area contributed by atoms with Gasteiger partial charge in [-0.3, -0.25) is 0 Å². The molecule has 1 unspecified atom stereocenters. The van der Waals surface area contributed by atoms with E-state index in [9.17, 15) is 0 Å². The molecule has 0 saturated carbocycles. The third-order valence-corrected chi connectivity index (χ3v) is 2.41. The zero-order valence-corrected chi connectivity index (χ0v) is 15.4. The molecule has 1 aliphatic rings. The minimum atomic E-state index is 0.426. The maximum atomic E-state index is 4.82. The second-order valence-electron chi connectivity index (χ2n) is 3.76. The molecule has 2 aromatic rings. The van der Waals surface area contributed by atoms with Gasteiger partial charge in [-0.25, -0.2) is 0 Å². The lowest BCUT2D eigenvalue weighted by Crippen LogP contribution is -1.94. The fourth-order valence-corrected chi connectivity index (χ4v) is 1.48. The third kappa shape index (κ3) is 11.3. The number of epoxide rings is 1. The van der Waals surface area contributed by atoms with Gasteiger partial charge in [0, 0.05) is 7.11 Å². The summed E-state index contributed by atoms with van der Waals surface area (Å²) >= 11 is 0. The first-order chi connectivity index (χ1) is 10.9. The Hall–Kier alpha value is -1.38. The molecule has 22 heavy (non-hydrogen) atoms. The first-order valence-electron chi connectivity index (χ1n) is 8.44. The smallest absolute Gasteiger partial charge is 0.104 e. The van der Waals surface area contributed by atoms with Gasteiger partial charge in [0.05, 0.1) is 13.2 Å². The molecule has 0 bridgehead atoms. The standard InChI is InChI=1S/C10H8.C4H8O2.3C2H6/c1-2-6-10-8-4-3-7-9(10)5-1;1-5-2-4-3-6-4;3*1-2/h1-8H;4H,2-3H2,1H3;3*1-2H3. The van der Waals surface area contributed by atoms with Crippen molar-refractivity contribution in [2.75, 3.05) is 20.3 Å². The summed E-state index contributed by atoms with van der Waals surface area (Å²) in [7, 11) is 1.68. The molecular weight excluding hydrogens is 272 g/mol. The second kappa shape index (κ2) is 17.7. The van der Waals surface area contributed by atoms with Crippen molar-refractivity contribution in [2.45, 2.75) is 47.6 Å². The van der Waals surface area contributed by atoms with Crippen LogP contribution in [-0.2, 0) is 9.47 Å². The number of ether oxygens (including phenoxy) is 2. The SMILES string of the molecule is CC.CC.CC.COCC1CO1.c1ccc2ccccc2c1. The summed E-state index contributed by atoms with van der Waals surface area (Å²) in [4.78, 5) is 0. The van der Waals surface area contributed by atoms with Crippen LogP contribution < -0.4 is 0 Å². The zero-order chi connectivity index (χ0) is 17.2. The maximum Gasteiger partial charge on any atom is 0.104 e. The van der Waals surface area contributed by atoms with E-state index >= 15 is 0 Å². The Morgan fingerprint density at radius 2 is 1.14 bits per heavy atom. The van der Waals surface area contributed by atoms with Crippen LogP contribution in [0, 0.1) is 0 Å². The minimum Gasteiger partial charge on any atom is -0.382 e. The van der Waals surface area contributed by atoms with Crippen molar-refractivity contribution < 1.29 is 9.47 Å². The van der Waals surface area contributed by atoms with Crippen LogP contribution in [0.1, 0.15) is 41.5 Å². The first kappa shape index (κ1) is 22.9. The molecule has 0 aromatic heterocycles. The zero-order valence-electron chi connectivity index (χ0n) is 15.4. The Kier molecular flexibility index (Phi) is 18.4. The van der Waals surface area contributed by atoms with Gasteiger partial charge >= 0.3 is 0 Å². The van der Waals surface area contributed by atoms with Crippen molar-refractivity contribution in [3.63, 3.8) is 0 Å². The van der Waals surface area contributed by atoms with E-state index < -0.39 is 0 Å². The van der Waals surface area contributed by atoms with Gasteiger partial charge < -0.3 is 9.47 Å². The summed E-state index contributed by atoms with van der Waals surface area (Å²) in [6.45, 7) is 13.7. The van der Waals surface area contributed by atoms with Gasteiger partial charge in [0.1, 0.15) is 6.10 Å². The van der Waals surface area contributed by atoms with E-state index in [4.69, 9.17) is 9.47 Å². The summed E-state index contributed by atoms with van der Waals surface area (Å²) < 4.78 is 9.56. The van der Waals surface area contributed by atoms with Gasteiger partial charge in [0.15, 0.2) is 0 Å². The van der Waals surface area contributed by atoms with Gasteiger partial charge in [-0.05, 0) is 10.8 Å². The van der Waals surface area contributed by atoms with Gasteiger partial charge in [-0.15, -0.1) is 0 Å². The molecule has 0 N–H and O–H groups in total. The molecule has 1 atom stereocenters. The molecule has 1 aliphatic heterocycles. The number of hydrogen-bond donors (Lipinski definition) is 0. The maximum absolute atomic E-state index is 4.82. The van der Waals surface area contributed by atoms with Crippen LogP contribution >= 0.6 is 0 Å². The van der Waals surface area contributed by atoms with Crippen LogP contribution in [0.15, 0.2) is 48.5 Å². The molecular formula is C20H34O2. The van der Waals surface area contributed by atoms with Crippen LogP contribution in [0.2, 0.25) is 0 Å². The molecule has 126 valence electrons. The lowest BCUT2D eigenvalue weighted by Gasteiger charge is -1.92. The van der Waals surface area contributed by atoms with E-state index in [1.54, 1.807) is 7.11 Å². The summed E-state index contributed by atoms with van der Waals surface area (Å²) in [6, 6.07) is 16.7. The van der Waals surface area contributed by atoms with E-state index in [2.05, 4.69) is 48.5 Å². The Morgan fingerprint density at radius 3 is 1.32 bits per heavy atom. The summed E-state index contributed by atoms with van der Waals surface area (Å²) in [5, 5.41) is 2.62. The topological polar surface area (TPSA) is 21.8 Å². The summed E-state index contributed by atoms with van der Waals surface area (Å²) in [5.74, 6) is 0. The van der Waals surface area contributed by atoms with Crippen molar-refractivity contribution >= 4 is 10.8 Å². The molecule has 2 heteroatoms. The van der Waals surface area contributed by atoms with Crippen LogP contribution in [0.5, 0.6) is 0 Å². The van der Waals surface area contributed by atoms with Crippen LogP contribution in [0.4, 0.5) is 0 Å². The van der Waals surface area contributed by atoms with Gasteiger partial charge in [-0.1, -0.05) is 90.1 Å². The Balaban J connectivity index is 0. The second-order valence-corrected chi connectivity index (χ2v) is 3.76. The van der Waals surface area contributed by atoms with Crippen molar-refractivity contribution in [1.29, 1.82) is 0 Å². The van der Waals surface area contributed by atoms with Gasteiger partial charge in [0.2, 0.25) is 0 Å². The Morgan fingerprint density at radius 1 is 0.818 bits per heavy atom. The minimum absolute atomic E-state index is 0.426. The number of hydrogen-bond acceptors (Lipinski definition) is 2. The van der Waals surface area contributed by atoms with Crippen LogP contribution in [-0.4, -0.2) is 26.4 Å². The Bertz CT molecular complexity index is 371. The number of methoxy groups -OCH3 is 1. The van der Waals surface area contributed by atoms with Crippen LogP contribution in [0.25, 0.3) is 10.8 Å². The number of rotatable bonds is 2. The number of fused-ring (bicyclic) bond motifs is 1. The predicted molar refractivity (Wildman–Crippen MR) is 99.6 cm³/mol. The third-order valence-electron chi connectivity index (χ3n) is 2.41. The molecule has 0 spiro atoms. The Labute approximate surface area is 137 Å². The number of benzene rings is 2.